The maximum absolute atomic E-state index is 14.0. The van der Waals surface area contributed by atoms with Gasteiger partial charge in [-0.05, 0) is 62.1 Å². The summed E-state index contributed by atoms with van der Waals surface area (Å²) in [4.78, 5) is 29.5. The Morgan fingerprint density at radius 2 is 1.74 bits per heavy atom. The van der Waals surface area contributed by atoms with Crippen LogP contribution in [0, 0.1) is 13.8 Å². The number of hydrogen-bond acceptors (Lipinski definition) is 5. The smallest absolute Gasteiger partial charge is 0.294 e. The van der Waals surface area contributed by atoms with E-state index in [0.717, 1.165) is 36.8 Å². The van der Waals surface area contributed by atoms with Crippen molar-refractivity contribution in [1.82, 2.24) is 5.32 Å². The molecule has 2 amide bonds. The molecule has 1 aliphatic carbocycles. The molecule has 1 unspecified atom stereocenters. The lowest BCUT2D eigenvalue weighted by atomic mass is 9.98. The fourth-order valence-electron chi connectivity index (χ4n) is 4.76. The van der Waals surface area contributed by atoms with E-state index in [-0.39, 0.29) is 17.7 Å². The number of aryl methyl sites for hydroxylation is 1. The molecular formula is C28H32N2O5. The zero-order chi connectivity index (χ0) is 24.9. The first-order chi connectivity index (χ1) is 17.0. The molecular weight excluding hydrogens is 444 g/mol. The quantitative estimate of drug-likeness (QED) is 0.473. The van der Waals surface area contributed by atoms with Crippen LogP contribution in [0.15, 0.2) is 59.2 Å². The molecule has 184 valence electrons. The molecule has 35 heavy (non-hydrogen) atoms. The van der Waals surface area contributed by atoms with Crippen LogP contribution < -0.4 is 19.7 Å². The molecule has 1 N–H and O–H groups in total. The van der Waals surface area contributed by atoms with Crippen molar-refractivity contribution in [2.75, 3.05) is 19.1 Å². The van der Waals surface area contributed by atoms with Crippen molar-refractivity contribution in [1.29, 1.82) is 0 Å². The lowest BCUT2D eigenvalue weighted by Crippen LogP contribution is -2.46. The number of hydrogen-bond donors (Lipinski definition) is 1. The molecule has 0 bridgehead atoms. The molecule has 1 aliphatic rings. The van der Waals surface area contributed by atoms with Crippen molar-refractivity contribution in [3.63, 3.8) is 0 Å². The topological polar surface area (TPSA) is 81.0 Å². The molecule has 0 saturated heterocycles. The summed E-state index contributed by atoms with van der Waals surface area (Å²) >= 11 is 0. The summed E-state index contributed by atoms with van der Waals surface area (Å²) in [6, 6.07) is 13.4. The highest BCUT2D eigenvalue weighted by Crippen LogP contribution is 2.41. The number of benzene rings is 2. The van der Waals surface area contributed by atoms with Crippen LogP contribution >= 0.6 is 0 Å². The second-order valence-electron chi connectivity index (χ2n) is 8.85. The summed E-state index contributed by atoms with van der Waals surface area (Å²) < 4.78 is 16.7. The molecule has 1 aromatic heterocycles. The van der Waals surface area contributed by atoms with Crippen LogP contribution in [0.2, 0.25) is 0 Å². The number of ether oxygens (including phenoxy) is 2. The van der Waals surface area contributed by atoms with Crippen LogP contribution in [0.25, 0.3) is 0 Å². The summed E-state index contributed by atoms with van der Waals surface area (Å²) in [5.41, 5.74) is 3.06. The molecule has 1 atom stereocenters. The Balaban J connectivity index is 1.93. The predicted molar refractivity (Wildman–Crippen MR) is 134 cm³/mol. The monoisotopic (exact) mass is 476 g/mol. The third-order valence-electron chi connectivity index (χ3n) is 6.72. The van der Waals surface area contributed by atoms with E-state index < -0.39 is 11.9 Å². The van der Waals surface area contributed by atoms with Gasteiger partial charge in [0.05, 0.1) is 20.5 Å². The minimum absolute atomic E-state index is 0.0702. The van der Waals surface area contributed by atoms with Gasteiger partial charge < -0.3 is 19.2 Å². The van der Waals surface area contributed by atoms with Crippen LogP contribution in [0.3, 0.4) is 0 Å². The number of carbonyl (C=O) groups is 2. The lowest BCUT2D eigenvalue weighted by Gasteiger charge is -2.34. The molecule has 1 saturated carbocycles. The summed E-state index contributed by atoms with van der Waals surface area (Å²) in [5.74, 6) is 0.343. The Morgan fingerprint density at radius 1 is 1.00 bits per heavy atom. The number of carbonyl (C=O) groups excluding carboxylic acids is 2. The van der Waals surface area contributed by atoms with E-state index in [1.807, 2.05) is 32.0 Å². The maximum Gasteiger partial charge on any atom is 0.294 e. The normalized spacial score (nSPS) is 14.4. The van der Waals surface area contributed by atoms with E-state index in [0.29, 0.717) is 22.7 Å². The summed E-state index contributed by atoms with van der Waals surface area (Å²) in [5, 5.41) is 3.19. The number of nitrogens with one attached hydrogen (secondary N) is 1. The van der Waals surface area contributed by atoms with Gasteiger partial charge in [-0.1, -0.05) is 37.1 Å². The molecule has 1 fully saturated rings. The third-order valence-corrected chi connectivity index (χ3v) is 6.72. The van der Waals surface area contributed by atoms with Gasteiger partial charge in [0.1, 0.15) is 6.04 Å². The highest BCUT2D eigenvalue weighted by Gasteiger charge is 2.38. The zero-order valence-corrected chi connectivity index (χ0v) is 20.7. The second kappa shape index (κ2) is 10.7. The van der Waals surface area contributed by atoms with Gasteiger partial charge in [-0.15, -0.1) is 0 Å². The highest BCUT2D eigenvalue weighted by molar-refractivity contribution is 6.09. The fourth-order valence-corrected chi connectivity index (χ4v) is 4.76. The average molecular weight is 477 g/mol. The van der Waals surface area contributed by atoms with Gasteiger partial charge in [0.25, 0.3) is 5.91 Å². The molecule has 2 aromatic carbocycles. The van der Waals surface area contributed by atoms with Gasteiger partial charge in [-0.3, -0.25) is 14.5 Å². The van der Waals surface area contributed by atoms with E-state index in [1.165, 1.54) is 18.3 Å². The van der Waals surface area contributed by atoms with Crippen molar-refractivity contribution >= 4 is 17.5 Å². The van der Waals surface area contributed by atoms with Gasteiger partial charge in [-0.25, -0.2) is 0 Å². The minimum Gasteiger partial charge on any atom is -0.493 e. The van der Waals surface area contributed by atoms with E-state index >= 15 is 0 Å². The first kappa shape index (κ1) is 24.4. The van der Waals surface area contributed by atoms with Gasteiger partial charge >= 0.3 is 0 Å². The molecule has 0 spiro atoms. The molecule has 1 heterocycles. The largest absolute Gasteiger partial charge is 0.493 e. The maximum atomic E-state index is 14.0. The standard InChI is InChI=1S/C28H32N2O5/c1-18-10-7-14-22(19(18)2)30(28(32)24-16-9-17-35-24)25(27(31)29-20-11-5-6-12-20)21-13-8-15-23(33-3)26(21)34-4/h7-10,13-17,20,25H,5-6,11-12H2,1-4H3,(H,29,31). The SMILES string of the molecule is COc1cccc(C(C(=O)NC2CCCC2)N(C(=O)c2ccco2)c2cccc(C)c2C)c1OC. The van der Waals surface area contributed by atoms with Gasteiger partial charge in [-0.2, -0.15) is 0 Å². The predicted octanol–water partition coefficient (Wildman–Crippen LogP) is 5.36. The number of nitrogens with zero attached hydrogens (tertiary/aromatic N) is 1. The molecule has 7 nitrogen and oxygen atoms in total. The molecule has 0 radical (unpaired) electrons. The molecule has 3 aromatic rings. The Kier molecular flexibility index (Phi) is 7.44. The summed E-state index contributed by atoms with van der Waals surface area (Å²) in [6.07, 6.45) is 5.44. The van der Waals surface area contributed by atoms with E-state index in [1.54, 1.807) is 37.4 Å². The van der Waals surface area contributed by atoms with Crippen molar-refractivity contribution < 1.29 is 23.5 Å². The van der Waals surface area contributed by atoms with Gasteiger partial charge in [0, 0.05) is 17.3 Å². The number of furan rings is 1. The minimum atomic E-state index is -1.02. The molecule has 0 aliphatic heterocycles. The van der Waals surface area contributed by atoms with Crippen molar-refractivity contribution in [2.45, 2.75) is 51.6 Å². The Morgan fingerprint density at radius 3 is 2.40 bits per heavy atom. The molecule has 7 heteroatoms. The van der Waals surface area contributed by atoms with Crippen LogP contribution in [0.5, 0.6) is 11.5 Å². The van der Waals surface area contributed by atoms with Crippen molar-refractivity contribution in [3.05, 3.63) is 77.2 Å². The number of para-hydroxylation sites is 1. The van der Waals surface area contributed by atoms with Crippen molar-refractivity contribution in [2.24, 2.45) is 0 Å². The number of amides is 2. The van der Waals surface area contributed by atoms with Crippen LogP contribution in [-0.4, -0.2) is 32.1 Å². The van der Waals surface area contributed by atoms with Gasteiger partial charge in [0.15, 0.2) is 17.3 Å². The van der Waals surface area contributed by atoms with Crippen molar-refractivity contribution in [3.8, 4) is 11.5 Å². The van der Waals surface area contributed by atoms with Crippen LogP contribution in [-0.2, 0) is 4.79 Å². The fraction of sp³-hybridized carbons (Fsp3) is 0.357. The number of rotatable bonds is 8. The zero-order valence-electron chi connectivity index (χ0n) is 20.7. The highest BCUT2D eigenvalue weighted by atomic mass is 16.5. The Labute approximate surface area is 206 Å². The van der Waals surface area contributed by atoms with Crippen LogP contribution in [0.4, 0.5) is 5.69 Å². The summed E-state index contributed by atoms with van der Waals surface area (Å²) in [7, 11) is 3.08. The van der Waals surface area contributed by atoms with Crippen LogP contribution in [0.1, 0.15) is 59.0 Å². The Bertz CT molecular complexity index is 1180. The van der Waals surface area contributed by atoms with E-state index in [2.05, 4.69) is 5.32 Å². The first-order valence-corrected chi connectivity index (χ1v) is 11.9. The number of anilines is 1. The summed E-state index contributed by atoms with van der Waals surface area (Å²) in [6.45, 7) is 3.93. The Hall–Kier alpha value is -3.74. The third kappa shape index (κ3) is 4.90. The lowest BCUT2D eigenvalue weighted by molar-refractivity contribution is -0.123. The number of methoxy groups -OCH3 is 2. The van der Waals surface area contributed by atoms with E-state index in [4.69, 9.17) is 13.9 Å². The second-order valence-corrected chi connectivity index (χ2v) is 8.85. The first-order valence-electron chi connectivity index (χ1n) is 11.9. The van der Waals surface area contributed by atoms with Gasteiger partial charge in [0.2, 0.25) is 5.91 Å². The average Bonchev–Trinajstić information content (AvgIpc) is 3.58. The van der Waals surface area contributed by atoms with E-state index in [9.17, 15) is 9.59 Å². The molecule has 4 rings (SSSR count).